The van der Waals surface area contributed by atoms with Crippen molar-refractivity contribution in [2.75, 3.05) is 18.5 Å². The van der Waals surface area contributed by atoms with Crippen molar-refractivity contribution in [3.8, 4) is 11.5 Å². The predicted molar refractivity (Wildman–Crippen MR) is 72.6 cm³/mol. The van der Waals surface area contributed by atoms with Gasteiger partial charge in [0.25, 0.3) is 5.82 Å². The Balaban J connectivity index is 1.55. The Labute approximate surface area is 132 Å². The van der Waals surface area contributed by atoms with Crippen molar-refractivity contribution < 1.29 is 32.0 Å². The van der Waals surface area contributed by atoms with Crippen molar-refractivity contribution in [1.82, 2.24) is 15.5 Å². The molecule has 0 spiro atoms. The van der Waals surface area contributed by atoms with Gasteiger partial charge in [-0.25, -0.2) is 4.79 Å². The summed E-state index contributed by atoms with van der Waals surface area (Å²) in [4.78, 5) is 14.9. The monoisotopic (exact) mass is 344 g/mol. The van der Waals surface area contributed by atoms with Gasteiger partial charge in [0.05, 0.1) is 6.54 Å². The van der Waals surface area contributed by atoms with Gasteiger partial charge in [0.15, 0.2) is 11.5 Å². The number of fused-ring (bicyclic) bond motifs is 1. The van der Waals surface area contributed by atoms with Crippen LogP contribution >= 0.6 is 0 Å². The summed E-state index contributed by atoms with van der Waals surface area (Å²) >= 11 is 0. The fraction of sp³-hybridized carbons (Fsp3) is 0.308. The van der Waals surface area contributed by atoms with Crippen LogP contribution in [-0.2, 0) is 12.7 Å². The highest BCUT2D eigenvalue weighted by atomic mass is 19.4. The first-order valence-electron chi connectivity index (χ1n) is 6.76. The lowest BCUT2D eigenvalue weighted by atomic mass is 10.2. The van der Waals surface area contributed by atoms with E-state index < -0.39 is 18.0 Å². The van der Waals surface area contributed by atoms with Crippen LogP contribution < -0.4 is 20.1 Å². The molecule has 0 saturated carbocycles. The van der Waals surface area contributed by atoms with Gasteiger partial charge in [-0.1, -0.05) is 5.16 Å². The highest BCUT2D eigenvalue weighted by molar-refractivity contribution is 5.89. The van der Waals surface area contributed by atoms with Crippen LogP contribution in [0.1, 0.15) is 11.7 Å². The number of alkyl halides is 3. The van der Waals surface area contributed by atoms with E-state index in [1.807, 2.05) is 0 Å². The summed E-state index contributed by atoms with van der Waals surface area (Å²) in [6, 6.07) is 4.15. The van der Waals surface area contributed by atoms with E-state index in [2.05, 4.69) is 25.3 Å². The fourth-order valence-corrected chi connectivity index (χ4v) is 1.89. The predicted octanol–water partition coefficient (Wildman–Crippen LogP) is 2.18. The van der Waals surface area contributed by atoms with E-state index >= 15 is 0 Å². The number of nitrogens with zero attached hydrogens (tertiary/aromatic N) is 2. The number of urea groups is 1. The van der Waals surface area contributed by atoms with Crippen molar-refractivity contribution >= 4 is 11.7 Å². The molecule has 0 bridgehead atoms. The van der Waals surface area contributed by atoms with Gasteiger partial charge in [0.1, 0.15) is 13.2 Å². The number of aromatic nitrogens is 2. The SMILES string of the molecule is O=C(NCc1nc(C(F)(F)F)no1)Nc1ccc2c(c1)OCCO2. The summed E-state index contributed by atoms with van der Waals surface area (Å²) in [5.74, 6) is -0.699. The Hall–Kier alpha value is -2.98. The molecule has 3 rings (SSSR count). The van der Waals surface area contributed by atoms with E-state index in [9.17, 15) is 18.0 Å². The van der Waals surface area contributed by atoms with E-state index in [-0.39, 0.29) is 12.4 Å². The van der Waals surface area contributed by atoms with Crippen molar-refractivity contribution in [1.29, 1.82) is 0 Å². The van der Waals surface area contributed by atoms with Crippen molar-refractivity contribution in [2.24, 2.45) is 0 Å². The average molecular weight is 344 g/mol. The molecule has 128 valence electrons. The molecule has 1 aliphatic heterocycles. The highest BCUT2D eigenvalue weighted by Crippen LogP contribution is 2.32. The molecular weight excluding hydrogens is 333 g/mol. The van der Waals surface area contributed by atoms with Crippen LogP contribution in [0.15, 0.2) is 22.7 Å². The number of hydrogen-bond acceptors (Lipinski definition) is 6. The molecule has 11 heteroatoms. The Morgan fingerprint density at radius 3 is 2.67 bits per heavy atom. The largest absolute Gasteiger partial charge is 0.486 e. The second kappa shape index (κ2) is 6.26. The van der Waals surface area contributed by atoms with Gasteiger partial charge in [-0.2, -0.15) is 18.2 Å². The summed E-state index contributed by atoms with van der Waals surface area (Å²) in [5.41, 5.74) is 0.429. The van der Waals surface area contributed by atoms with Crippen LogP contribution in [0.4, 0.5) is 23.7 Å². The lowest BCUT2D eigenvalue weighted by molar-refractivity contribution is -0.146. The minimum absolute atomic E-state index is 0.348. The topological polar surface area (TPSA) is 98.5 Å². The van der Waals surface area contributed by atoms with E-state index in [4.69, 9.17) is 9.47 Å². The number of amides is 2. The molecule has 0 fully saturated rings. The van der Waals surface area contributed by atoms with Crippen LogP contribution in [0, 0.1) is 0 Å². The molecule has 2 heterocycles. The number of nitrogens with one attached hydrogen (secondary N) is 2. The molecule has 0 radical (unpaired) electrons. The summed E-state index contributed by atoms with van der Waals surface area (Å²) in [6.07, 6.45) is -4.70. The minimum Gasteiger partial charge on any atom is -0.486 e. The molecule has 0 unspecified atom stereocenters. The Morgan fingerprint density at radius 2 is 1.96 bits per heavy atom. The minimum atomic E-state index is -4.70. The Morgan fingerprint density at radius 1 is 1.21 bits per heavy atom. The second-order valence-electron chi connectivity index (χ2n) is 4.68. The second-order valence-corrected chi connectivity index (χ2v) is 4.68. The lowest BCUT2D eigenvalue weighted by Crippen LogP contribution is -2.28. The maximum absolute atomic E-state index is 12.3. The van der Waals surface area contributed by atoms with Crippen LogP contribution in [0.3, 0.4) is 0 Å². The summed E-state index contributed by atoms with van der Waals surface area (Å²) in [5, 5.41) is 7.59. The third kappa shape index (κ3) is 3.67. The zero-order valence-corrected chi connectivity index (χ0v) is 12.0. The van der Waals surface area contributed by atoms with E-state index in [0.29, 0.717) is 30.4 Å². The van der Waals surface area contributed by atoms with Crippen LogP contribution in [-0.4, -0.2) is 29.4 Å². The van der Waals surface area contributed by atoms with Gasteiger partial charge < -0.3 is 24.6 Å². The van der Waals surface area contributed by atoms with Gasteiger partial charge in [0.2, 0.25) is 5.89 Å². The van der Waals surface area contributed by atoms with Crippen LogP contribution in [0.2, 0.25) is 0 Å². The number of halogens is 3. The first-order chi connectivity index (χ1) is 11.4. The summed E-state index contributed by atoms with van der Waals surface area (Å²) < 4.78 is 52.1. The molecule has 2 N–H and O–H groups in total. The van der Waals surface area contributed by atoms with Gasteiger partial charge in [0, 0.05) is 11.8 Å². The van der Waals surface area contributed by atoms with E-state index in [0.717, 1.165) is 0 Å². The molecule has 0 aliphatic carbocycles. The highest BCUT2D eigenvalue weighted by Gasteiger charge is 2.37. The number of rotatable bonds is 3. The molecule has 2 amide bonds. The molecule has 2 aromatic rings. The molecular formula is C13H11F3N4O4. The van der Waals surface area contributed by atoms with Gasteiger partial charge in [-0.05, 0) is 12.1 Å². The van der Waals surface area contributed by atoms with Crippen LogP contribution in [0.25, 0.3) is 0 Å². The Kier molecular flexibility index (Phi) is 4.15. The third-order valence-corrected chi connectivity index (χ3v) is 2.92. The van der Waals surface area contributed by atoms with E-state index in [1.165, 1.54) is 0 Å². The quantitative estimate of drug-likeness (QED) is 0.886. The number of ether oxygens (including phenoxy) is 2. The zero-order valence-electron chi connectivity index (χ0n) is 12.0. The number of carbonyl (C=O) groups is 1. The molecule has 1 aromatic carbocycles. The van der Waals surface area contributed by atoms with E-state index in [1.54, 1.807) is 18.2 Å². The van der Waals surface area contributed by atoms with Gasteiger partial charge >= 0.3 is 12.2 Å². The average Bonchev–Trinajstić information content (AvgIpc) is 3.02. The number of anilines is 1. The fourth-order valence-electron chi connectivity index (χ4n) is 1.89. The standard InChI is InChI=1S/C13H11F3N4O4/c14-13(15,16)11-19-10(24-20-11)6-17-12(21)18-7-1-2-8-9(5-7)23-4-3-22-8/h1-2,5H,3-4,6H2,(H2,17,18,21). The molecule has 1 aliphatic rings. The van der Waals surface area contributed by atoms with Gasteiger partial charge in [-0.15, -0.1) is 0 Å². The normalized spacial score (nSPS) is 13.5. The number of hydrogen-bond donors (Lipinski definition) is 2. The number of carbonyl (C=O) groups excluding carboxylic acids is 1. The zero-order chi connectivity index (χ0) is 17.2. The summed E-state index contributed by atoms with van der Waals surface area (Å²) in [7, 11) is 0. The maximum Gasteiger partial charge on any atom is 0.455 e. The third-order valence-electron chi connectivity index (χ3n) is 2.92. The first kappa shape index (κ1) is 15.9. The van der Waals surface area contributed by atoms with Crippen LogP contribution in [0.5, 0.6) is 11.5 Å². The first-order valence-corrected chi connectivity index (χ1v) is 6.76. The molecule has 1 aromatic heterocycles. The van der Waals surface area contributed by atoms with Crippen molar-refractivity contribution in [2.45, 2.75) is 12.7 Å². The smallest absolute Gasteiger partial charge is 0.455 e. The number of benzene rings is 1. The molecule has 24 heavy (non-hydrogen) atoms. The lowest BCUT2D eigenvalue weighted by Gasteiger charge is -2.19. The van der Waals surface area contributed by atoms with Crippen molar-refractivity contribution in [3.63, 3.8) is 0 Å². The summed E-state index contributed by atoms with van der Waals surface area (Å²) in [6.45, 7) is 0.505. The van der Waals surface area contributed by atoms with Gasteiger partial charge in [-0.3, -0.25) is 0 Å². The molecule has 8 nitrogen and oxygen atoms in total. The van der Waals surface area contributed by atoms with Crippen molar-refractivity contribution in [3.05, 3.63) is 29.9 Å². The molecule has 0 atom stereocenters. The Bertz CT molecular complexity index is 747. The maximum atomic E-state index is 12.3. The molecule has 0 saturated heterocycles.